The summed E-state index contributed by atoms with van der Waals surface area (Å²) in [6, 6.07) is 18.4. The van der Waals surface area contributed by atoms with Crippen molar-refractivity contribution in [3.63, 3.8) is 0 Å². The Hall–Kier alpha value is -3.44. The molecule has 2 heterocycles. The van der Waals surface area contributed by atoms with E-state index in [0.717, 1.165) is 47.5 Å². The highest BCUT2D eigenvalue weighted by Gasteiger charge is 2.36. The first-order valence-corrected chi connectivity index (χ1v) is 27.6. The summed E-state index contributed by atoms with van der Waals surface area (Å²) in [5, 5.41) is 0. The second kappa shape index (κ2) is 29.3. The molecule has 4 aromatic rings. The van der Waals surface area contributed by atoms with Gasteiger partial charge in [-0.25, -0.2) is 19.9 Å². The van der Waals surface area contributed by atoms with Crippen LogP contribution in [0.4, 0.5) is 0 Å². The van der Waals surface area contributed by atoms with Gasteiger partial charge in [-0.05, 0) is 97.3 Å². The Morgan fingerprint density at radius 1 is 0.400 bits per heavy atom. The zero-order valence-corrected chi connectivity index (χ0v) is 41.8. The van der Waals surface area contributed by atoms with Gasteiger partial charge >= 0.3 is 0 Å². The van der Waals surface area contributed by atoms with E-state index in [2.05, 4.69) is 101 Å². The van der Waals surface area contributed by atoms with Gasteiger partial charge in [-0.1, -0.05) is 217 Å². The lowest BCUT2D eigenvalue weighted by molar-refractivity contribution is -0.0907. The van der Waals surface area contributed by atoms with E-state index in [-0.39, 0.29) is 12.2 Å². The van der Waals surface area contributed by atoms with E-state index < -0.39 is 0 Å². The first-order chi connectivity index (χ1) is 32.1. The lowest BCUT2D eigenvalue weighted by Gasteiger charge is -2.40. The number of hydrogen-bond donors (Lipinski definition) is 0. The minimum absolute atomic E-state index is 0.0520. The summed E-state index contributed by atoms with van der Waals surface area (Å²) in [7, 11) is 0. The molecule has 0 bridgehead atoms. The highest BCUT2D eigenvalue weighted by molar-refractivity contribution is 5.56. The minimum atomic E-state index is 0.0520. The molecule has 0 saturated heterocycles. The Morgan fingerprint density at radius 3 is 1.06 bits per heavy atom. The van der Waals surface area contributed by atoms with Gasteiger partial charge < -0.3 is 4.74 Å². The molecule has 2 saturated carbocycles. The smallest absolute Gasteiger partial charge is 0.159 e. The van der Waals surface area contributed by atoms with Crippen LogP contribution in [-0.2, 0) is 17.6 Å². The lowest BCUT2D eigenvalue weighted by atomic mass is 9.74. The van der Waals surface area contributed by atoms with Crippen molar-refractivity contribution < 1.29 is 4.74 Å². The van der Waals surface area contributed by atoms with E-state index >= 15 is 0 Å². The maximum Gasteiger partial charge on any atom is 0.159 e. The fourth-order valence-electron chi connectivity index (χ4n) is 11.1. The van der Waals surface area contributed by atoms with Crippen LogP contribution in [0.25, 0.3) is 22.8 Å². The van der Waals surface area contributed by atoms with E-state index in [0.29, 0.717) is 11.8 Å². The molecule has 0 N–H and O–H groups in total. The van der Waals surface area contributed by atoms with Crippen molar-refractivity contribution in [1.29, 1.82) is 0 Å². The zero-order valence-electron chi connectivity index (χ0n) is 41.8. The second-order valence-corrected chi connectivity index (χ2v) is 20.6. The van der Waals surface area contributed by atoms with Gasteiger partial charge in [-0.15, -0.1) is 0 Å². The van der Waals surface area contributed by atoms with Gasteiger partial charge in [0.25, 0.3) is 0 Å². The largest absolute Gasteiger partial charge is 0.365 e. The molecule has 356 valence electrons. The van der Waals surface area contributed by atoms with Crippen molar-refractivity contribution in [1.82, 2.24) is 19.9 Å². The van der Waals surface area contributed by atoms with E-state index in [9.17, 15) is 0 Å². The van der Waals surface area contributed by atoms with Crippen LogP contribution >= 0.6 is 0 Å². The summed E-state index contributed by atoms with van der Waals surface area (Å²) in [5.74, 6) is 4.38. The van der Waals surface area contributed by atoms with Gasteiger partial charge in [0, 0.05) is 35.9 Å². The van der Waals surface area contributed by atoms with Gasteiger partial charge in [0.1, 0.15) is 0 Å². The molecule has 2 aliphatic rings. The molecule has 2 aliphatic carbocycles. The van der Waals surface area contributed by atoms with E-state index in [1.807, 2.05) is 0 Å². The topological polar surface area (TPSA) is 60.8 Å². The third-order valence-electron chi connectivity index (χ3n) is 15.4. The van der Waals surface area contributed by atoms with Crippen LogP contribution in [0.2, 0.25) is 0 Å². The van der Waals surface area contributed by atoms with Gasteiger partial charge in [-0.2, -0.15) is 0 Å². The van der Waals surface area contributed by atoms with Crippen LogP contribution in [0.3, 0.4) is 0 Å². The molecule has 0 spiro atoms. The average molecular weight is 883 g/mol. The first kappa shape index (κ1) is 51.0. The fraction of sp³-hybridized carbons (Fsp3) is 0.667. The molecule has 5 nitrogen and oxygen atoms in total. The average Bonchev–Trinajstić information content (AvgIpc) is 3.36. The Kier molecular flexibility index (Phi) is 23.0. The summed E-state index contributed by atoms with van der Waals surface area (Å²) in [6.07, 6.45) is 47.3. The van der Waals surface area contributed by atoms with Gasteiger partial charge in [0.2, 0.25) is 0 Å². The molecule has 65 heavy (non-hydrogen) atoms. The minimum Gasteiger partial charge on any atom is -0.365 e. The van der Waals surface area contributed by atoms with E-state index in [4.69, 9.17) is 24.7 Å². The molecule has 2 fully saturated rings. The third kappa shape index (κ3) is 17.0. The number of benzene rings is 2. The predicted molar refractivity (Wildman–Crippen MR) is 275 cm³/mol. The second-order valence-electron chi connectivity index (χ2n) is 20.6. The summed E-state index contributed by atoms with van der Waals surface area (Å²) >= 11 is 0. The molecular formula is C60H90N4O. The van der Waals surface area contributed by atoms with Crippen LogP contribution in [0.5, 0.6) is 0 Å². The van der Waals surface area contributed by atoms with Gasteiger partial charge in [0.05, 0.1) is 12.2 Å². The molecule has 2 atom stereocenters. The van der Waals surface area contributed by atoms with Crippen LogP contribution in [0.1, 0.15) is 242 Å². The third-order valence-corrected chi connectivity index (χ3v) is 15.4. The number of hydrogen-bond acceptors (Lipinski definition) is 5. The molecular weight excluding hydrogens is 793 g/mol. The SMILES string of the molecule is CCCCCCCCCc1cnc(-c2ccc(C(OC(c3ccc(-c4ncc(CCCCCCCCC)cn4)cc3)[C@H]3CC[C@H](CCCC)CC3)[C@H]3CC[C@H](CCCC)CC3)cc2)nc1. The standard InChI is InChI=1S/C60H90N4O/c1-5-9-13-15-17-19-21-25-49-43-61-59(62-44-49)55-39-35-53(36-40-55)57(51-31-27-47(28-32-51)23-11-7-3)65-58(52-33-29-48(30-34-52)24-12-8-4)54-37-41-56(42-38-54)60-63-45-50(46-64-60)26-22-20-18-16-14-10-6-2/h35-48,51-52,57-58H,5-34H2,1-4H3/t47-,48-,51-,52-,57?,58?. The Labute approximate surface area is 397 Å². The maximum absolute atomic E-state index is 7.74. The Bertz CT molecular complexity index is 1670. The van der Waals surface area contributed by atoms with Crippen molar-refractivity contribution >= 4 is 0 Å². The molecule has 5 heteroatoms. The van der Waals surface area contributed by atoms with Crippen molar-refractivity contribution in [2.75, 3.05) is 0 Å². The lowest BCUT2D eigenvalue weighted by Crippen LogP contribution is -2.28. The van der Waals surface area contributed by atoms with E-state index in [1.54, 1.807) is 0 Å². The number of nitrogens with zero attached hydrogens (tertiary/aromatic N) is 4. The van der Waals surface area contributed by atoms with Crippen LogP contribution in [-0.4, -0.2) is 19.9 Å². The molecule has 2 aromatic carbocycles. The summed E-state index contributed by atoms with van der Waals surface area (Å²) < 4.78 is 7.74. The maximum atomic E-state index is 7.74. The summed E-state index contributed by atoms with van der Waals surface area (Å²) in [6.45, 7) is 9.24. The quantitative estimate of drug-likeness (QED) is 0.0488. The van der Waals surface area contributed by atoms with Gasteiger partial charge in [-0.3, -0.25) is 0 Å². The molecule has 2 unspecified atom stereocenters. The number of aryl methyl sites for hydroxylation is 2. The molecule has 0 aliphatic heterocycles. The van der Waals surface area contributed by atoms with E-state index in [1.165, 1.54) is 202 Å². The highest BCUT2D eigenvalue weighted by Crippen LogP contribution is 2.47. The summed E-state index contributed by atoms with van der Waals surface area (Å²) in [4.78, 5) is 19.5. The predicted octanol–water partition coefficient (Wildman–Crippen LogP) is 18.0. The number of unbranched alkanes of at least 4 members (excludes halogenated alkanes) is 14. The highest BCUT2D eigenvalue weighted by atomic mass is 16.5. The van der Waals surface area contributed by atoms with Crippen molar-refractivity contribution in [2.45, 2.75) is 233 Å². The van der Waals surface area contributed by atoms with Crippen molar-refractivity contribution in [3.05, 3.63) is 95.6 Å². The number of ether oxygens (including phenoxy) is 1. The zero-order chi connectivity index (χ0) is 45.3. The molecule has 6 rings (SSSR count). The molecule has 0 amide bonds. The number of rotatable bonds is 30. The Morgan fingerprint density at radius 2 is 0.723 bits per heavy atom. The summed E-state index contributed by atoms with van der Waals surface area (Å²) in [5.41, 5.74) is 7.29. The fourth-order valence-corrected chi connectivity index (χ4v) is 11.1. The van der Waals surface area contributed by atoms with Crippen molar-refractivity contribution in [2.24, 2.45) is 23.7 Å². The normalized spacial score (nSPS) is 19.9. The monoisotopic (exact) mass is 883 g/mol. The van der Waals surface area contributed by atoms with Crippen molar-refractivity contribution in [3.8, 4) is 22.8 Å². The first-order valence-electron chi connectivity index (χ1n) is 27.6. The van der Waals surface area contributed by atoms with Crippen LogP contribution in [0.15, 0.2) is 73.3 Å². The molecule has 0 radical (unpaired) electrons. The molecule has 2 aromatic heterocycles. The van der Waals surface area contributed by atoms with Gasteiger partial charge in [0.15, 0.2) is 11.6 Å². The Balaban J connectivity index is 1.17. The van der Waals surface area contributed by atoms with Crippen LogP contribution in [0, 0.1) is 23.7 Å². The van der Waals surface area contributed by atoms with Crippen LogP contribution < -0.4 is 0 Å². The number of aromatic nitrogens is 4.